The molecular formula is C7H2ClN2O6-. The number of halogens is 1. The molecule has 0 aliphatic heterocycles. The summed E-state index contributed by atoms with van der Waals surface area (Å²) in [4.78, 5) is 29.4. The zero-order valence-electron chi connectivity index (χ0n) is 7.38. The minimum absolute atomic E-state index is 0.478. The number of nitro benzene ring substituents is 2. The summed E-state index contributed by atoms with van der Waals surface area (Å²) in [6, 6.07) is 1.08. The van der Waals surface area contributed by atoms with Crippen molar-refractivity contribution in [1.29, 1.82) is 0 Å². The number of non-ortho nitro benzene ring substituents is 1. The molecule has 0 aromatic heterocycles. The van der Waals surface area contributed by atoms with Crippen LogP contribution < -0.4 is 5.11 Å². The quantitative estimate of drug-likeness (QED) is 0.443. The van der Waals surface area contributed by atoms with Gasteiger partial charge in [0.15, 0.2) is 0 Å². The van der Waals surface area contributed by atoms with Gasteiger partial charge in [-0.3, -0.25) is 25.0 Å². The maximum Gasteiger partial charge on any atom is 0.277 e. The summed E-state index contributed by atoms with van der Waals surface area (Å²) < 4.78 is 0. The Morgan fingerprint density at radius 3 is 2.12 bits per heavy atom. The number of nitro groups is 2. The molecule has 1 rings (SSSR count). The van der Waals surface area contributed by atoms with Gasteiger partial charge in [-0.1, -0.05) is 0 Å². The molecular weight excluding hydrogens is 244 g/mol. The summed E-state index contributed by atoms with van der Waals surface area (Å²) in [7, 11) is 0. The first-order valence-corrected chi connectivity index (χ1v) is 4.06. The molecule has 0 fully saturated rings. The number of hydrogen-bond acceptors (Lipinski definition) is 6. The second-order valence-corrected chi connectivity index (χ2v) is 2.97. The SMILES string of the molecule is O=C(Cl)c1cc([N+](=O)[O-])cc([N+](=O)[O-])c1[O-]. The van der Waals surface area contributed by atoms with Crippen molar-refractivity contribution < 1.29 is 19.7 Å². The van der Waals surface area contributed by atoms with E-state index in [0.717, 1.165) is 0 Å². The Labute approximate surface area is 92.4 Å². The van der Waals surface area contributed by atoms with Crippen molar-refractivity contribution >= 4 is 28.2 Å². The molecule has 0 radical (unpaired) electrons. The Bertz CT molecular complexity index is 465. The van der Waals surface area contributed by atoms with Crippen LogP contribution >= 0.6 is 11.6 Å². The van der Waals surface area contributed by atoms with Crippen LogP contribution in [0.3, 0.4) is 0 Å². The third-order valence-corrected chi connectivity index (χ3v) is 1.88. The molecule has 8 nitrogen and oxygen atoms in total. The van der Waals surface area contributed by atoms with Gasteiger partial charge in [-0.05, 0) is 17.4 Å². The molecule has 0 heterocycles. The number of rotatable bonds is 3. The van der Waals surface area contributed by atoms with Crippen molar-refractivity contribution in [2.45, 2.75) is 0 Å². The highest BCUT2D eigenvalue weighted by atomic mass is 35.5. The minimum atomic E-state index is -1.28. The van der Waals surface area contributed by atoms with Gasteiger partial charge in [0, 0.05) is 11.6 Å². The van der Waals surface area contributed by atoms with E-state index in [4.69, 9.17) is 11.6 Å². The lowest BCUT2D eigenvalue weighted by atomic mass is 10.1. The molecule has 0 N–H and O–H groups in total. The highest BCUT2D eigenvalue weighted by Crippen LogP contribution is 2.32. The van der Waals surface area contributed by atoms with Crippen molar-refractivity contribution in [3.05, 3.63) is 37.9 Å². The highest BCUT2D eigenvalue weighted by Gasteiger charge is 2.21. The summed E-state index contributed by atoms with van der Waals surface area (Å²) in [5.41, 5.74) is -2.59. The van der Waals surface area contributed by atoms with E-state index in [9.17, 15) is 30.1 Å². The van der Waals surface area contributed by atoms with E-state index in [-0.39, 0.29) is 0 Å². The Balaban J connectivity index is 3.57. The molecule has 84 valence electrons. The Hall–Kier alpha value is -2.22. The zero-order valence-corrected chi connectivity index (χ0v) is 8.13. The number of nitrogens with zero attached hydrogens (tertiary/aromatic N) is 2. The molecule has 0 atom stereocenters. The predicted molar refractivity (Wildman–Crippen MR) is 49.4 cm³/mol. The summed E-state index contributed by atoms with van der Waals surface area (Å²) in [6.07, 6.45) is 0. The second-order valence-electron chi connectivity index (χ2n) is 2.63. The second kappa shape index (κ2) is 4.11. The van der Waals surface area contributed by atoms with E-state index in [1.54, 1.807) is 0 Å². The molecule has 0 saturated carbocycles. The number of benzene rings is 1. The summed E-state index contributed by atoms with van der Waals surface area (Å²) in [5, 5.41) is 30.8. The summed E-state index contributed by atoms with van der Waals surface area (Å²) >= 11 is 4.98. The molecule has 1 aromatic rings. The van der Waals surface area contributed by atoms with Gasteiger partial charge in [-0.2, -0.15) is 0 Å². The standard InChI is InChI=1S/C7H3ClN2O6/c8-7(12)4-1-3(9(13)14)2-5(6(4)11)10(15)16/h1-2,11H/p-1. The van der Waals surface area contributed by atoms with E-state index in [1.807, 2.05) is 0 Å². The maximum atomic E-state index is 11.3. The van der Waals surface area contributed by atoms with Crippen LogP contribution in [0.15, 0.2) is 12.1 Å². The molecule has 0 unspecified atom stereocenters. The minimum Gasteiger partial charge on any atom is -0.867 e. The van der Waals surface area contributed by atoms with Crippen molar-refractivity contribution in [3.63, 3.8) is 0 Å². The van der Waals surface area contributed by atoms with Crippen LogP contribution in [0.2, 0.25) is 0 Å². The molecule has 1 aromatic carbocycles. The van der Waals surface area contributed by atoms with E-state index in [2.05, 4.69) is 0 Å². The predicted octanol–water partition coefficient (Wildman–Crippen LogP) is 0.956. The molecule has 0 saturated heterocycles. The van der Waals surface area contributed by atoms with Crippen LogP contribution in [0, 0.1) is 20.2 Å². The van der Waals surface area contributed by atoms with Gasteiger partial charge in [0.25, 0.3) is 16.6 Å². The van der Waals surface area contributed by atoms with Gasteiger partial charge in [-0.25, -0.2) is 0 Å². The van der Waals surface area contributed by atoms with Crippen LogP contribution in [0.25, 0.3) is 0 Å². The average Bonchev–Trinajstić information content (AvgIpc) is 2.16. The summed E-state index contributed by atoms with van der Waals surface area (Å²) in [5.74, 6) is -1.24. The molecule has 9 heteroatoms. The van der Waals surface area contributed by atoms with Gasteiger partial charge in [0.1, 0.15) is 0 Å². The Morgan fingerprint density at radius 2 is 1.75 bits per heavy atom. The van der Waals surface area contributed by atoms with Crippen LogP contribution in [0.5, 0.6) is 5.75 Å². The van der Waals surface area contributed by atoms with Crippen molar-refractivity contribution in [1.82, 2.24) is 0 Å². The number of carbonyl (C=O) groups is 1. The van der Waals surface area contributed by atoms with Gasteiger partial charge < -0.3 is 5.11 Å². The molecule has 0 bridgehead atoms. The van der Waals surface area contributed by atoms with Gasteiger partial charge in [0.2, 0.25) is 0 Å². The first kappa shape index (κ1) is 11.9. The normalized spacial score (nSPS) is 9.81. The first-order valence-electron chi connectivity index (χ1n) is 3.68. The van der Waals surface area contributed by atoms with Crippen molar-refractivity contribution in [3.8, 4) is 5.75 Å². The highest BCUT2D eigenvalue weighted by molar-refractivity contribution is 6.68. The Kier molecular flexibility index (Phi) is 3.04. The van der Waals surface area contributed by atoms with Gasteiger partial charge >= 0.3 is 0 Å². The third kappa shape index (κ3) is 2.06. The van der Waals surface area contributed by atoms with Crippen LogP contribution in [-0.4, -0.2) is 15.1 Å². The maximum absolute atomic E-state index is 11.3. The third-order valence-electron chi connectivity index (χ3n) is 1.67. The monoisotopic (exact) mass is 245 g/mol. The fraction of sp³-hybridized carbons (Fsp3) is 0. The fourth-order valence-corrected chi connectivity index (χ4v) is 1.13. The Morgan fingerprint density at radius 1 is 1.19 bits per heavy atom. The number of carbonyl (C=O) groups excluding carboxylic acids is 1. The lowest BCUT2D eigenvalue weighted by molar-refractivity contribution is -0.403. The molecule has 0 aliphatic rings. The largest absolute Gasteiger partial charge is 0.867 e. The fourth-order valence-electron chi connectivity index (χ4n) is 0.986. The van der Waals surface area contributed by atoms with E-state index in [1.165, 1.54) is 0 Å². The summed E-state index contributed by atoms with van der Waals surface area (Å²) in [6.45, 7) is 0. The van der Waals surface area contributed by atoms with Gasteiger partial charge in [0.05, 0.1) is 15.9 Å². The van der Waals surface area contributed by atoms with E-state index >= 15 is 0 Å². The molecule has 0 amide bonds. The zero-order chi connectivity index (χ0) is 12.5. The topological polar surface area (TPSA) is 126 Å². The van der Waals surface area contributed by atoms with Crippen LogP contribution in [0.4, 0.5) is 11.4 Å². The van der Waals surface area contributed by atoms with E-state index in [0.29, 0.717) is 12.1 Å². The van der Waals surface area contributed by atoms with Gasteiger partial charge in [-0.15, -0.1) is 0 Å². The molecule has 0 aliphatic carbocycles. The van der Waals surface area contributed by atoms with E-state index < -0.39 is 37.8 Å². The lowest BCUT2D eigenvalue weighted by Crippen LogP contribution is -2.05. The van der Waals surface area contributed by atoms with Crippen molar-refractivity contribution in [2.24, 2.45) is 0 Å². The van der Waals surface area contributed by atoms with Crippen LogP contribution in [0.1, 0.15) is 10.4 Å². The van der Waals surface area contributed by atoms with Crippen molar-refractivity contribution in [2.75, 3.05) is 0 Å². The molecule has 16 heavy (non-hydrogen) atoms. The van der Waals surface area contributed by atoms with Crippen LogP contribution in [-0.2, 0) is 0 Å². The smallest absolute Gasteiger partial charge is 0.277 e. The lowest BCUT2D eigenvalue weighted by Gasteiger charge is -2.09. The number of hydrogen-bond donors (Lipinski definition) is 0. The molecule has 0 spiro atoms. The average molecular weight is 246 g/mol. The first-order chi connectivity index (χ1) is 7.34.